The van der Waals surface area contributed by atoms with Crippen LogP contribution in [0.5, 0.6) is 0 Å². The smallest absolute Gasteiger partial charge is 0.125 e. The molecule has 4 heteroatoms. The van der Waals surface area contributed by atoms with Gasteiger partial charge in [0.1, 0.15) is 5.82 Å². The van der Waals surface area contributed by atoms with E-state index in [1.165, 1.54) is 5.56 Å². The Morgan fingerprint density at radius 3 is 2.89 bits per heavy atom. The van der Waals surface area contributed by atoms with E-state index in [1.807, 2.05) is 31.2 Å². The third kappa shape index (κ3) is 3.52. The first kappa shape index (κ1) is 13.0. The minimum absolute atomic E-state index is 0.235. The summed E-state index contributed by atoms with van der Waals surface area (Å²) in [7, 11) is 0. The second kappa shape index (κ2) is 5.94. The van der Waals surface area contributed by atoms with Gasteiger partial charge < -0.3 is 5.32 Å². The van der Waals surface area contributed by atoms with Crippen molar-refractivity contribution in [3.05, 3.63) is 58.6 Å². The number of nitrogens with one attached hydrogen (secondary N) is 1. The molecule has 1 heterocycles. The zero-order chi connectivity index (χ0) is 13.0. The Morgan fingerprint density at radius 2 is 2.17 bits per heavy atom. The molecule has 0 aliphatic rings. The Hall–Kier alpha value is -1.45. The lowest BCUT2D eigenvalue weighted by molar-refractivity contribution is 0.566. The lowest BCUT2D eigenvalue weighted by Crippen LogP contribution is -2.19. The summed E-state index contributed by atoms with van der Waals surface area (Å²) in [5.74, 6) is 0.796. The van der Waals surface area contributed by atoms with Gasteiger partial charge in [-0.25, -0.2) is 9.97 Å². The predicted molar refractivity (Wildman–Crippen MR) is 73.5 cm³/mol. The molecule has 3 nitrogen and oxygen atoms in total. The molecule has 0 bridgehead atoms. The standard InChI is InChI=1S/C14H16ClN3/c1-10(12-4-3-5-13(15)8-12)17-9-14-6-7-16-11(2)18-14/h3-8,10,17H,9H2,1-2H3/t10-/m0/s1. The van der Waals surface area contributed by atoms with Gasteiger partial charge in [-0.15, -0.1) is 0 Å². The van der Waals surface area contributed by atoms with E-state index in [-0.39, 0.29) is 6.04 Å². The van der Waals surface area contributed by atoms with E-state index >= 15 is 0 Å². The van der Waals surface area contributed by atoms with Crippen LogP contribution in [0, 0.1) is 6.92 Å². The van der Waals surface area contributed by atoms with Crippen LogP contribution >= 0.6 is 11.6 Å². The first-order valence-electron chi connectivity index (χ1n) is 5.92. The molecule has 0 aliphatic carbocycles. The van der Waals surface area contributed by atoms with Crippen molar-refractivity contribution in [1.82, 2.24) is 15.3 Å². The fourth-order valence-electron chi connectivity index (χ4n) is 1.76. The summed E-state index contributed by atoms with van der Waals surface area (Å²) in [6.45, 7) is 4.72. The molecule has 0 fully saturated rings. The van der Waals surface area contributed by atoms with Crippen LogP contribution in [0.25, 0.3) is 0 Å². The second-order valence-corrected chi connectivity index (χ2v) is 4.69. The Balaban J connectivity index is 1.98. The topological polar surface area (TPSA) is 37.8 Å². The highest BCUT2D eigenvalue weighted by molar-refractivity contribution is 6.30. The fraction of sp³-hybridized carbons (Fsp3) is 0.286. The average molecular weight is 262 g/mol. The number of aromatic nitrogens is 2. The van der Waals surface area contributed by atoms with Gasteiger partial charge in [0.25, 0.3) is 0 Å². The maximum absolute atomic E-state index is 5.98. The summed E-state index contributed by atoms with van der Waals surface area (Å²) in [4.78, 5) is 8.44. The van der Waals surface area contributed by atoms with Crippen molar-refractivity contribution in [3.63, 3.8) is 0 Å². The zero-order valence-corrected chi connectivity index (χ0v) is 11.3. The highest BCUT2D eigenvalue weighted by Gasteiger charge is 2.05. The van der Waals surface area contributed by atoms with Gasteiger partial charge in [-0.3, -0.25) is 0 Å². The molecule has 0 saturated carbocycles. The first-order valence-corrected chi connectivity index (χ1v) is 6.30. The van der Waals surface area contributed by atoms with Crippen molar-refractivity contribution in [2.24, 2.45) is 0 Å². The quantitative estimate of drug-likeness (QED) is 0.918. The number of hydrogen-bond acceptors (Lipinski definition) is 3. The van der Waals surface area contributed by atoms with Gasteiger partial charge in [0.05, 0.1) is 5.69 Å². The van der Waals surface area contributed by atoms with Gasteiger partial charge in [0.2, 0.25) is 0 Å². The van der Waals surface area contributed by atoms with E-state index in [1.54, 1.807) is 6.20 Å². The lowest BCUT2D eigenvalue weighted by atomic mass is 10.1. The number of rotatable bonds is 4. The van der Waals surface area contributed by atoms with Crippen molar-refractivity contribution in [2.45, 2.75) is 26.4 Å². The molecule has 0 aliphatic heterocycles. The van der Waals surface area contributed by atoms with Gasteiger partial charge in [0, 0.05) is 23.8 Å². The Morgan fingerprint density at radius 1 is 1.33 bits per heavy atom. The number of halogens is 1. The predicted octanol–water partition coefficient (Wildman–Crippen LogP) is 3.29. The Labute approximate surface area is 112 Å². The van der Waals surface area contributed by atoms with Crippen LogP contribution in [-0.4, -0.2) is 9.97 Å². The van der Waals surface area contributed by atoms with Crippen molar-refractivity contribution >= 4 is 11.6 Å². The summed E-state index contributed by atoms with van der Waals surface area (Å²) < 4.78 is 0. The van der Waals surface area contributed by atoms with Gasteiger partial charge in [-0.05, 0) is 37.6 Å². The summed E-state index contributed by atoms with van der Waals surface area (Å²) >= 11 is 5.98. The van der Waals surface area contributed by atoms with Crippen LogP contribution in [-0.2, 0) is 6.54 Å². The number of aryl methyl sites for hydroxylation is 1. The van der Waals surface area contributed by atoms with Gasteiger partial charge >= 0.3 is 0 Å². The van der Waals surface area contributed by atoms with E-state index in [0.29, 0.717) is 0 Å². The summed E-state index contributed by atoms with van der Waals surface area (Å²) in [6.07, 6.45) is 1.78. The monoisotopic (exact) mass is 261 g/mol. The average Bonchev–Trinajstić information content (AvgIpc) is 2.36. The molecule has 1 aromatic heterocycles. The number of hydrogen-bond donors (Lipinski definition) is 1. The van der Waals surface area contributed by atoms with Gasteiger partial charge in [-0.1, -0.05) is 23.7 Å². The molecule has 1 aromatic carbocycles. The van der Waals surface area contributed by atoms with Crippen molar-refractivity contribution < 1.29 is 0 Å². The Kier molecular flexibility index (Phi) is 4.28. The maximum atomic E-state index is 5.98. The SMILES string of the molecule is Cc1nccc(CN[C@@H](C)c2cccc(Cl)c2)n1. The molecule has 0 unspecified atom stereocenters. The van der Waals surface area contributed by atoms with Crippen molar-refractivity contribution in [2.75, 3.05) is 0 Å². The molecule has 0 radical (unpaired) electrons. The number of nitrogens with zero attached hydrogens (tertiary/aromatic N) is 2. The molecule has 0 amide bonds. The van der Waals surface area contributed by atoms with E-state index in [9.17, 15) is 0 Å². The van der Waals surface area contributed by atoms with E-state index in [0.717, 1.165) is 23.1 Å². The van der Waals surface area contributed by atoms with Crippen LogP contribution in [0.15, 0.2) is 36.5 Å². The largest absolute Gasteiger partial charge is 0.305 e. The summed E-state index contributed by atoms with van der Waals surface area (Å²) in [6, 6.07) is 10.0. The summed E-state index contributed by atoms with van der Waals surface area (Å²) in [5, 5.41) is 4.18. The molecule has 94 valence electrons. The molecule has 0 spiro atoms. The highest BCUT2D eigenvalue weighted by Crippen LogP contribution is 2.17. The molecular weight excluding hydrogens is 246 g/mol. The van der Waals surface area contributed by atoms with Crippen LogP contribution in [0.1, 0.15) is 30.0 Å². The van der Waals surface area contributed by atoms with Crippen LogP contribution in [0.4, 0.5) is 0 Å². The van der Waals surface area contributed by atoms with E-state index < -0.39 is 0 Å². The molecular formula is C14H16ClN3. The molecule has 1 N–H and O–H groups in total. The maximum Gasteiger partial charge on any atom is 0.125 e. The van der Waals surface area contributed by atoms with Crippen LogP contribution in [0.2, 0.25) is 5.02 Å². The third-order valence-electron chi connectivity index (χ3n) is 2.77. The third-order valence-corrected chi connectivity index (χ3v) is 3.01. The minimum atomic E-state index is 0.235. The molecule has 18 heavy (non-hydrogen) atoms. The molecule has 1 atom stereocenters. The Bertz CT molecular complexity index is 528. The van der Waals surface area contributed by atoms with Crippen molar-refractivity contribution in [3.8, 4) is 0 Å². The highest BCUT2D eigenvalue weighted by atomic mass is 35.5. The first-order chi connectivity index (χ1) is 8.65. The van der Waals surface area contributed by atoms with Crippen LogP contribution < -0.4 is 5.32 Å². The normalized spacial score (nSPS) is 12.4. The van der Waals surface area contributed by atoms with Crippen molar-refractivity contribution in [1.29, 1.82) is 0 Å². The lowest BCUT2D eigenvalue weighted by Gasteiger charge is -2.14. The second-order valence-electron chi connectivity index (χ2n) is 4.25. The zero-order valence-electron chi connectivity index (χ0n) is 10.5. The van der Waals surface area contributed by atoms with Gasteiger partial charge in [0.15, 0.2) is 0 Å². The van der Waals surface area contributed by atoms with Crippen LogP contribution in [0.3, 0.4) is 0 Å². The summed E-state index contributed by atoms with van der Waals surface area (Å²) in [5.41, 5.74) is 2.17. The molecule has 0 saturated heterocycles. The minimum Gasteiger partial charge on any atom is -0.305 e. The fourth-order valence-corrected chi connectivity index (χ4v) is 1.95. The van der Waals surface area contributed by atoms with Gasteiger partial charge in [-0.2, -0.15) is 0 Å². The van der Waals surface area contributed by atoms with E-state index in [2.05, 4.69) is 28.3 Å². The molecule has 2 rings (SSSR count). The number of benzene rings is 1. The van der Waals surface area contributed by atoms with E-state index in [4.69, 9.17) is 11.6 Å². The molecule has 2 aromatic rings.